The normalized spacial score (nSPS) is 16.3. The van der Waals surface area contributed by atoms with Crippen molar-refractivity contribution in [3.8, 4) is 11.5 Å². The van der Waals surface area contributed by atoms with Gasteiger partial charge in [-0.2, -0.15) is 0 Å². The molecule has 2 aromatic carbocycles. The molecular formula is C33H48O6. The molecule has 0 saturated carbocycles. The molecule has 2 aromatic rings. The molecule has 0 N–H and O–H groups in total. The summed E-state index contributed by atoms with van der Waals surface area (Å²) in [5.74, 6) is 2.12. The minimum atomic E-state index is -0.679. The number of fused-ring (bicyclic) bond motifs is 2. The maximum Gasteiger partial charge on any atom is 0.513 e. The van der Waals surface area contributed by atoms with Gasteiger partial charge in [-0.25, -0.2) is 9.59 Å². The van der Waals surface area contributed by atoms with Crippen LogP contribution in [0.2, 0.25) is 0 Å². The first-order chi connectivity index (χ1) is 18.9. The molecule has 0 heterocycles. The number of hydrogen-bond donors (Lipinski definition) is 0. The fraction of sp³-hybridized carbons (Fsp3) is 0.636. The van der Waals surface area contributed by atoms with Crippen molar-refractivity contribution in [3.63, 3.8) is 0 Å². The van der Waals surface area contributed by atoms with Gasteiger partial charge in [-0.05, 0) is 49.9 Å². The quantitative estimate of drug-likeness (QED) is 0.176. The van der Waals surface area contributed by atoms with Crippen molar-refractivity contribution in [3.05, 3.63) is 35.4 Å². The third kappa shape index (κ3) is 8.61. The topological polar surface area (TPSA) is 71.1 Å². The molecule has 3 atom stereocenters. The number of benzene rings is 2. The summed E-state index contributed by atoms with van der Waals surface area (Å²) in [6.07, 6.45) is 9.56. The lowest BCUT2D eigenvalue weighted by atomic mass is 9.82. The van der Waals surface area contributed by atoms with E-state index < -0.39 is 12.3 Å². The van der Waals surface area contributed by atoms with E-state index in [-0.39, 0.29) is 0 Å². The van der Waals surface area contributed by atoms with Gasteiger partial charge in [-0.3, -0.25) is 0 Å². The Morgan fingerprint density at radius 2 is 1.28 bits per heavy atom. The lowest BCUT2D eigenvalue weighted by molar-refractivity contribution is 0.0792. The van der Waals surface area contributed by atoms with Gasteiger partial charge in [0.25, 0.3) is 0 Å². The maximum absolute atomic E-state index is 12.9. The maximum atomic E-state index is 12.9. The average molecular weight is 541 g/mol. The van der Waals surface area contributed by atoms with Crippen LogP contribution < -0.4 is 9.47 Å². The Labute approximate surface area is 234 Å². The Balaban J connectivity index is 1.85. The van der Waals surface area contributed by atoms with Gasteiger partial charge in [0, 0.05) is 21.9 Å². The van der Waals surface area contributed by atoms with E-state index in [9.17, 15) is 9.59 Å². The molecule has 0 radical (unpaired) electrons. The van der Waals surface area contributed by atoms with E-state index in [0.29, 0.717) is 42.5 Å². The number of ether oxygens (including phenoxy) is 4. The second-order valence-corrected chi connectivity index (χ2v) is 11.2. The second kappa shape index (κ2) is 15.7. The molecule has 216 valence electrons. The highest BCUT2D eigenvalue weighted by molar-refractivity contribution is 5.98. The van der Waals surface area contributed by atoms with E-state index in [1.165, 1.54) is 0 Å². The molecule has 0 aromatic heterocycles. The highest BCUT2D eigenvalue weighted by Crippen LogP contribution is 2.45. The molecule has 3 rings (SSSR count). The van der Waals surface area contributed by atoms with Gasteiger partial charge in [0.05, 0.1) is 13.2 Å². The fourth-order valence-electron chi connectivity index (χ4n) is 5.43. The number of hydrogen-bond acceptors (Lipinski definition) is 6. The van der Waals surface area contributed by atoms with Crippen LogP contribution in [-0.4, -0.2) is 25.5 Å². The van der Waals surface area contributed by atoms with Crippen LogP contribution in [0.1, 0.15) is 104 Å². The zero-order valence-corrected chi connectivity index (χ0v) is 24.7. The molecule has 0 aliphatic heterocycles. The largest absolute Gasteiger partial charge is 0.513 e. The van der Waals surface area contributed by atoms with Crippen molar-refractivity contribution in [2.45, 2.75) is 105 Å². The van der Waals surface area contributed by atoms with Crippen LogP contribution >= 0.6 is 0 Å². The van der Waals surface area contributed by atoms with Crippen molar-refractivity contribution in [2.75, 3.05) is 13.2 Å². The van der Waals surface area contributed by atoms with Crippen LogP contribution in [0.5, 0.6) is 11.5 Å². The predicted octanol–water partition coefficient (Wildman–Crippen LogP) is 9.43. The summed E-state index contributed by atoms with van der Waals surface area (Å²) in [5.41, 5.74) is 1.83. The van der Waals surface area contributed by atoms with E-state index in [4.69, 9.17) is 18.9 Å². The average Bonchev–Trinajstić information content (AvgIpc) is 2.95. The molecule has 0 amide bonds. The van der Waals surface area contributed by atoms with Gasteiger partial charge < -0.3 is 18.9 Å². The van der Waals surface area contributed by atoms with Crippen molar-refractivity contribution in [1.29, 1.82) is 0 Å². The summed E-state index contributed by atoms with van der Waals surface area (Å²) in [4.78, 5) is 25.7. The molecule has 0 fully saturated rings. The highest BCUT2D eigenvalue weighted by Gasteiger charge is 2.29. The van der Waals surface area contributed by atoms with Crippen LogP contribution in [0.25, 0.3) is 10.8 Å². The van der Waals surface area contributed by atoms with Gasteiger partial charge >= 0.3 is 12.3 Å². The van der Waals surface area contributed by atoms with E-state index in [1.807, 2.05) is 24.3 Å². The first-order valence-electron chi connectivity index (χ1n) is 15.2. The monoisotopic (exact) mass is 540 g/mol. The SMILES string of the molecule is CCCCC(CC)COC(=O)Oc1c2c(c(OC(=O)OCC(CC)CCCC)c3ccccc13)CC(C)CC2. The number of unbranched alkanes of at least 4 members (excludes halogenated alkanes) is 2. The summed E-state index contributed by atoms with van der Waals surface area (Å²) >= 11 is 0. The molecule has 3 unspecified atom stereocenters. The van der Waals surface area contributed by atoms with Crippen LogP contribution in [0.3, 0.4) is 0 Å². The third-order valence-corrected chi connectivity index (χ3v) is 8.10. The lowest BCUT2D eigenvalue weighted by Crippen LogP contribution is -2.21. The fourth-order valence-corrected chi connectivity index (χ4v) is 5.43. The summed E-state index contributed by atoms with van der Waals surface area (Å²) in [5, 5.41) is 1.47. The Kier molecular flexibility index (Phi) is 12.4. The third-order valence-electron chi connectivity index (χ3n) is 8.10. The standard InChI is InChI=1S/C33H48O6/c1-6-10-14-24(8-3)21-36-32(34)38-30-26-16-12-13-17-27(26)31(29-20-23(5)18-19-28(29)30)39-33(35)37-22-25(9-4)15-11-7-2/h12-13,16-17,23-25H,6-11,14-15,18-22H2,1-5H3. The second-order valence-electron chi connectivity index (χ2n) is 11.2. The molecular weight excluding hydrogens is 492 g/mol. The summed E-state index contributed by atoms with van der Waals surface area (Å²) in [6, 6.07) is 7.61. The first kappa shape index (κ1) is 30.8. The van der Waals surface area contributed by atoms with E-state index in [0.717, 1.165) is 92.5 Å². The van der Waals surface area contributed by atoms with Crippen LogP contribution in [0.15, 0.2) is 24.3 Å². The van der Waals surface area contributed by atoms with Crippen molar-refractivity contribution >= 4 is 23.1 Å². The van der Waals surface area contributed by atoms with Crippen molar-refractivity contribution < 1.29 is 28.5 Å². The Morgan fingerprint density at radius 3 is 1.74 bits per heavy atom. The van der Waals surface area contributed by atoms with Crippen molar-refractivity contribution in [1.82, 2.24) is 0 Å². The van der Waals surface area contributed by atoms with E-state index in [1.54, 1.807) is 0 Å². The number of carbonyl (C=O) groups excluding carboxylic acids is 2. The molecule has 6 nitrogen and oxygen atoms in total. The zero-order valence-electron chi connectivity index (χ0n) is 24.7. The van der Waals surface area contributed by atoms with Gasteiger partial charge in [0.2, 0.25) is 0 Å². The summed E-state index contributed by atoms with van der Waals surface area (Å²) in [6.45, 7) is 11.5. The van der Waals surface area contributed by atoms with Gasteiger partial charge in [-0.1, -0.05) is 97.4 Å². The van der Waals surface area contributed by atoms with Crippen molar-refractivity contribution in [2.24, 2.45) is 17.8 Å². The van der Waals surface area contributed by atoms with Gasteiger partial charge in [-0.15, -0.1) is 0 Å². The Bertz CT molecular complexity index is 1080. The van der Waals surface area contributed by atoms with Crippen LogP contribution in [0.4, 0.5) is 9.59 Å². The van der Waals surface area contributed by atoms with E-state index >= 15 is 0 Å². The van der Waals surface area contributed by atoms with Gasteiger partial charge in [0.15, 0.2) is 0 Å². The number of carbonyl (C=O) groups is 2. The zero-order chi connectivity index (χ0) is 28.2. The predicted molar refractivity (Wildman–Crippen MR) is 156 cm³/mol. The Morgan fingerprint density at radius 1 is 0.795 bits per heavy atom. The smallest absolute Gasteiger partial charge is 0.434 e. The molecule has 0 bridgehead atoms. The van der Waals surface area contributed by atoms with Crippen LogP contribution in [-0.2, 0) is 22.3 Å². The number of rotatable bonds is 14. The molecule has 0 saturated heterocycles. The van der Waals surface area contributed by atoms with Gasteiger partial charge in [0.1, 0.15) is 11.5 Å². The minimum absolute atomic E-state index is 0.333. The van der Waals surface area contributed by atoms with E-state index in [2.05, 4.69) is 34.6 Å². The molecule has 39 heavy (non-hydrogen) atoms. The Hall–Kier alpha value is -2.76. The van der Waals surface area contributed by atoms with Crippen LogP contribution in [0, 0.1) is 17.8 Å². The first-order valence-corrected chi connectivity index (χ1v) is 15.2. The summed E-state index contributed by atoms with van der Waals surface area (Å²) in [7, 11) is 0. The lowest BCUT2D eigenvalue weighted by Gasteiger charge is -2.27. The molecule has 1 aliphatic carbocycles. The minimum Gasteiger partial charge on any atom is -0.434 e. The summed E-state index contributed by atoms with van der Waals surface area (Å²) < 4.78 is 23.0. The highest BCUT2D eigenvalue weighted by atomic mass is 16.7. The molecule has 1 aliphatic rings. The molecule has 6 heteroatoms. The molecule has 0 spiro atoms.